The third-order valence-electron chi connectivity index (χ3n) is 3.89. The predicted molar refractivity (Wildman–Crippen MR) is 83.3 cm³/mol. The van der Waals surface area contributed by atoms with E-state index in [0.717, 1.165) is 25.3 Å². The molecule has 0 bridgehead atoms. The van der Waals surface area contributed by atoms with E-state index in [0.29, 0.717) is 6.54 Å². The molecule has 1 aromatic rings. The first-order valence-corrected chi connectivity index (χ1v) is 9.08. The minimum absolute atomic E-state index is 0.0197. The highest BCUT2D eigenvalue weighted by Crippen LogP contribution is 2.48. The molecule has 21 heavy (non-hydrogen) atoms. The zero-order chi connectivity index (χ0) is 15.8. The number of carboxylic acids is 1. The lowest BCUT2D eigenvalue weighted by Gasteiger charge is -2.14. The van der Waals surface area contributed by atoms with Gasteiger partial charge in [-0.15, -0.1) is 0 Å². The van der Waals surface area contributed by atoms with E-state index in [4.69, 9.17) is 16.7 Å². The quantitative estimate of drug-likeness (QED) is 0.773. The van der Waals surface area contributed by atoms with Gasteiger partial charge in [-0.2, -0.15) is 0 Å². The Morgan fingerprint density at radius 1 is 1.48 bits per heavy atom. The molecule has 1 aromatic carbocycles. The second-order valence-electron chi connectivity index (χ2n) is 5.25. The SMILES string of the molecule is CCC1(CNS(=O)(=O)c2cc(Br)c(Cl)c(C(=O)O)c2)CC1. The lowest BCUT2D eigenvalue weighted by atomic mass is 10.1. The van der Waals surface area contributed by atoms with Crippen molar-refractivity contribution in [1.82, 2.24) is 4.72 Å². The van der Waals surface area contributed by atoms with Crippen LogP contribution in [-0.4, -0.2) is 26.0 Å². The molecule has 1 aliphatic rings. The summed E-state index contributed by atoms with van der Waals surface area (Å²) in [5.74, 6) is -1.27. The van der Waals surface area contributed by atoms with E-state index in [1.807, 2.05) is 6.92 Å². The van der Waals surface area contributed by atoms with E-state index >= 15 is 0 Å². The summed E-state index contributed by atoms with van der Waals surface area (Å²) in [6, 6.07) is 2.38. The second-order valence-corrected chi connectivity index (χ2v) is 8.25. The van der Waals surface area contributed by atoms with Crippen LogP contribution in [0.5, 0.6) is 0 Å². The van der Waals surface area contributed by atoms with Crippen molar-refractivity contribution in [3.63, 3.8) is 0 Å². The second kappa shape index (κ2) is 5.87. The predicted octanol–water partition coefficient (Wildman–Crippen LogP) is 3.27. The summed E-state index contributed by atoms with van der Waals surface area (Å²) in [5.41, 5.74) is -0.185. The van der Waals surface area contributed by atoms with Crippen LogP contribution in [0.2, 0.25) is 5.02 Å². The number of carbonyl (C=O) groups is 1. The summed E-state index contributed by atoms with van der Waals surface area (Å²) < 4.78 is 27.4. The average molecular weight is 397 g/mol. The summed E-state index contributed by atoms with van der Waals surface area (Å²) in [7, 11) is -3.76. The van der Waals surface area contributed by atoms with Crippen LogP contribution in [0.25, 0.3) is 0 Å². The summed E-state index contributed by atoms with van der Waals surface area (Å²) in [6.07, 6.45) is 2.94. The Morgan fingerprint density at radius 2 is 2.10 bits per heavy atom. The van der Waals surface area contributed by atoms with Crippen molar-refractivity contribution in [3.8, 4) is 0 Å². The highest BCUT2D eigenvalue weighted by molar-refractivity contribution is 9.10. The van der Waals surface area contributed by atoms with E-state index in [-0.39, 0.29) is 25.4 Å². The first-order chi connectivity index (χ1) is 9.71. The van der Waals surface area contributed by atoms with Crippen LogP contribution >= 0.6 is 27.5 Å². The van der Waals surface area contributed by atoms with Crippen molar-refractivity contribution in [2.75, 3.05) is 6.54 Å². The van der Waals surface area contributed by atoms with Gasteiger partial charge in [-0.1, -0.05) is 18.5 Å². The molecule has 2 N–H and O–H groups in total. The standard InChI is InChI=1S/C13H15BrClNO4S/c1-2-13(3-4-13)7-16-21(19,20)8-5-9(12(17)18)11(15)10(14)6-8/h5-6,16H,2-4,7H2,1H3,(H,17,18). The maximum atomic E-state index is 12.3. The molecule has 0 amide bonds. The fourth-order valence-electron chi connectivity index (χ4n) is 2.04. The molecule has 116 valence electrons. The van der Waals surface area contributed by atoms with Crippen molar-refractivity contribution in [2.45, 2.75) is 31.1 Å². The first kappa shape index (κ1) is 16.7. The van der Waals surface area contributed by atoms with Crippen molar-refractivity contribution in [1.29, 1.82) is 0 Å². The van der Waals surface area contributed by atoms with E-state index in [2.05, 4.69) is 20.7 Å². The van der Waals surface area contributed by atoms with Crippen molar-refractivity contribution in [3.05, 3.63) is 27.2 Å². The molecule has 1 saturated carbocycles. The van der Waals surface area contributed by atoms with Gasteiger partial charge in [-0.05, 0) is 52.7 Å². The van der Waals surface area contributed by atoms with Gasteiger partial charge in [0.2, 0.25) is 10.0 Å². The monoisotopic (exact) mass is 395 g/mol. The van der Waals surface area contributed by atoms with Crippen molar-refractivity contribution < 1.29 is 18.3 Å². The molecule has 1 aliphatic carbocycles. The van der Waals surface area contributed by atoms with Crippen LogP contribution in [0.3, 0.4) is 0 Å². The summed E-state index contributed by atoms with van der Waals surface area (Å²) in [6.45, 7) is 2.40. The number of carboxylic acid groups (broad SMARTS) is 1. The number of nitrogens with one attached hydrogen (secondary N) is 1. The van der Waals surface area contributed by atoms with Gasteiger partial charge in [-0.3, -0.25) is 0 Å². The molecule has 1 fully saturated rings. The van der Waals surface area contributed by atoms with Gasteiger partial charge in [-0.25, -0.2) is 17.9 Å². The maximum absolute atomic E-state index is 12.3. The minimum Gasteiger partial charge on any atom is -0.478 e. The topological polar surface area (TPSA) is 83.5 Å². The molecular weight excluding hydrogens is 382 g/mol. The number of halogens is 2. The molecule has 8 heteroatoms. The van der Waals surface area contributed by atoms with Crippen LogP contribution in [0.1, 0.15) is 36.5 Å². The summed E-state index contributed by atoms with van der Waals surface area (Å²) in [4.78, 5) is 11.0. The fourth-order valence-corrected chi connectivity index (χ4v) is 4.05. The molecule has 0 radical (unpaired) electrons. The van der Waals surface area contributed by atoms with E-state index in [9.17, 15) is 13.2 Å². The first-order valence-electron chi connectivity index (χ1n) is 6.43. The lowest BCUT2D eigenvalue weighted by Crippen LogP contribution is -2.30. The number of hydrogen-bond acceptors (Lipinski definition) is 3. The third kappa shape index (κ3) is 3.59. The number of benzene rings is 1. The number of sulfonamides is 1. The summed E-state index contributed by atoms with van der Waals surface area (Å²) >= 11 is 8.94. The van der Waals surface area contributed by atoms with Crippen LogP contribution in [0.15, 0.2) is 21.5 Å². The largest absolute Gasteiger partial charge is 0.478 e. The fraction of sp³-hybridized carbons (Fsp3) is 0.462. The zero-order valence-corrected chi connectivity index (χ0v) is 14.5. The Labute approximate surface area is 136 Å². The van der Waals surface area contributed by atoms with Gasteiger partial charge in [0, 0.05) is 11.0 Å². The average Bonchev–Trinajstić information content (AvgIpc) is 3.20. The molecule has 0 heterocycles. The lowest BCUT2D eigenvalue weighted by molar-refractivity contribution is 0.0696. The molecule has 5 nitrogen and oxygen atoms in total. The van der Waals surface area contributed by atoms with Gasteiger partial charge >= 0.3 is 5.97 Å². The Kier molecular flexibility index (Phi) is 4.68. The minimum atomic E-state index is -3.76. The van der Waals surface area contributed by atoms with E-state index < -0.39 is 16.0 Å². The maximum Gasteiger partial charge on any atom is 0.337 e. The smallest absolute Gasteiger partial charge is 0.337 e. The Balaban J connectivity index is 2.30. The van der Waals surface area contributed by atoms with Gasteiger partial charge in [0.05, 0.1) is 15.5 Å². The molecule has 0 saturated heterocycles. The van der Waals surface area contributed by atoms with E-state index in [1.165, 1.54) is 6.07 Å². The Bertz CT molecular complexity index is 686. The molecule has 0 aliphatic heterocycles. The third-order valence-corrected chi connectivity index (χ3v) is 6.53. The molecular formula is C13H15BrClNO4S. The van der Waals surface area contributed by atoms with Gasteiger partial charge in [0.15, 0.2) is 0 Å². The van der Waals surface area contributed by atoms with Crippen LogP contribution < -0.4 is 4.72 Å². The molecule has 0 spiro atoms. The molecule has 0 unspecified atom stereocenters. The number of aromatic carboxylic acids is 1. The van der Waals surface area contributed by atoms with Gasteiger partial charge in [0.25, 0.3) is 0 Å². The zero-order valence-electron chi connectivity index (χ0n) is 11.3. The van der Waals surface area contributed by atoms with Crippen LogP contribution in [-0.2, 0) is 10.0 Å². The van der Waals surface area contributed by atoms with E-state index in [1.54, 1.807) is 0 Å². The Morgan fingerprint density at radius 3 is 2.57 bits per heavy atom. The highest BCUT2D eigenvalue weighted by atomic mass is 79.9. The number of rotatable bonds is 6. The highest BCUT2D eigenvalue weighted by Gasteiger charge is 2.41. The van der Waals surface area contributed by atoms with Gasteiger partial charge < -0.3 is 5.11 Å². The molecule has 2 rings (SSSR count). The van der Waals surface area contributed by atoms with Crippen LogP contribution in [0.4, 0.5) is 0 Å². The van der Waals surface area contributed by atoms with Gasteiger partial charge in [0.1, 0.15) is 0 Å². The normalized spacial score (nSPS) is 16.7. The molecule has 0 atom stereocenters. The van der Waals surface area contributed by atoms with Crippen LogP contribution in [0, 0.1) is 5.41 Å². The molecule has 0 aromatic heterocycles. The Hall–Kier alpha value is -0.630. The summed E-state index contributed by atoms with van der Waals surface area (Å²) in [5, 5.41) is 9.05. The van der Waals surface area contributed by atoms with Crippen molar-refractivity contribution >= 4 is 43.5 Å². The van der Waals surface area contributed by atoms with Crippen molar-refractivity contribution in [2.24, 2.45) is 5.41 Å². The number of hydrogen-bond donors (Lipinski definition) is 2.